The largest absolute Gasteiger partial charge is 0.491 e. The Hall–Kier alpha value is -3.67. The van der Waals surface area contributed by atoms with Gasteiger partial charge in [-0.1, -0.05) is 18.2 Å². The summed E-state index contributed by atoms with van der Waals surface area (Å²) in [5.74, 6) is 0.415. The van der Waals surface area contributed by atoms with Gasteiger partial charge in [0, 0.05) is 24.1 Å². The van der Waals surface area contributed by atoms with E-state index in [-0.39, 0.29) is 24.6 Å². The van der Waals surface area contributed by atoms with E-state index in [9.17, 15) is 9.59 Å². The number of carbonyl (C=O) groups is 2. The number of nitrogens with zero attached hydrogens (tertiary/aromatic N) is 3. The van der Waals surface area contributed by atoms with Gasteiger partial charge < -0.3 is 4.74 Å². The maximum atomic E-state index is 13.0. The Bertz CT molecular complexity index is 1050. The standard InChI is InChI=1S/C24H23N3O3/c1-17(2)30-22-5-3-4-21(15-22)26-16-23(28)27(24(26)29)20-8-6-18(7-9-20)14-19-10-12-25-13-11-19/h3-13,15,17H,14,16H2,1-2H3. The fourth-order valence-corrected chi connectivity index (χ4v) is 3.45. The molecular formula is C24H23N3O3. The van der Waals surface area contributed by atoms with Gasteiger partial charge in [0.1, 0.15) is 12.3 Å². The van der Waals surface area contributed by atoms with E-state index in [2.05, 4.69) is 4.98 Å². The van der Waals surface area contributed by atoms with Crippen molar-refractivity contribution >= 4 is 23.3 Å². The predicted molar refractivity (Wildman–Crippen MR) is 116 cm³/mol. The van der Waals surface area contributed by atoms with E-state index in [0.717, 1.165) is 17.5 Å². The summed E-state index contributed by atoms with van der Waals surface area (Å²) in [7, 11) is 0. The summed E-state index contributed by atoms with van der Waals surface area (Å²) in [6, 6.07) is 18.3. The molecule has 0 N–H and O–H groups in total. The molecule has 0 bridgehead atoms. The molecule has 6 heteroatoms. The minimum absolute atomic E-state index is 0.00271. The van der Waals surface area contributed by atoms with Crippen molar-refractivity contribution in [3.8, 4) is 5.75 Å². The number of imide groups is 1. The van der Waals surface area contributed by atoms with E-state index in [0.29, 0.717) is 17.1 Å². The van der Waals surface area contributed by atoms with Gasteiger partial charge in [-0.05, 0) is 67.8 Å². The lowest BCUT2D eigenvalue weighted by Gasteiger charge is -2.18. The van der Waals surface area contributed by atoms with Crippen LogP contribution in [0.25, 0.3) is 0 Å². The predicted octanol–water partition coefficient (Wildman–Crippen LogP) is 4.43. The molecule has 2 heterocycles. The molecule has 0 aliphatic carbocycles. The zero-order chi connectivity index (χ0) is 21.1. The van der Waals surface area contributed by atoms with Crippen molar-refractivity contribution in [1.29, 1.82) is 0 Å². The third kappa shape index (κ3) is 4.17. The second-order valence-electron chi connectivity index (χ2n) is 7.46. The lowest BCUT2D eigenvalue weighted by molar-refractivity contribution is -0.115. The lowest BCUT2D eigenvalue weighted by Crippen LogP contribution is -2.33. The number of aromatic nitrogens is 1. The summed E-state index contributed by atoms with van der Waals surface area (Å²) in [4.78, 5) is 32.4. The van der Waals surface area contributed by atoms with E-state index in [1.165, 1.54) is 9.80 Å². The Balaban J connectivity index is 1.51. The number of hydrogen-bond acceptors (Lipinski definition) is 4. The van der Waals surface area contributed by atoms with Crippen molar-refractivity contribution in [2.24, 2.45) is 0 Å². The Morgan fingerprint density at radius 1 is 0.933 bits per heavy atom. The van der Waals surface area contributed by atoms with Crippen LogP contribution in [0.5, 0.6) is 5.75 Å². The van der Waals surface area contributed by atoms with Gasteiger partial charge in [0.2, 0.25) is 0 Å². The molecule has 0 atom stereocenters. The molecule has 1 aromatic heterocycles. The van der Waals surface area contributed by atoms with Gasteiger partial charge in [0.15, 0.2) is 0 Å². The molecule has 0 spiro atoms. The van der Waals surface area contributed by atoms with Crippen molar-refractivity contribution in [1.82, 2.24) is 4.98 Å². The van der Waals surface area contributed by atoms with Gasteiger partial charge in [-0.2, -0.15) is 0 Å². The quantitative estimate of drug-likeness (QED) is 0.573. The number of benzene rings is 2. The molecule has 1 aliphatic heterocycles. The van der Waals surface area contributed by atoms with Crippen LogP contribution in [0.15, 0.2) is 73.1 Å². The van der Waals surface area contributed by atoms with Crippen LogP contribution in [0.1, 0.15) is 25.0 Å². The highest BCUT2D eigenvalue weighted by Crippen LogP contribution is 2.29. The number of urea groups is 1. The van der Waals surface area contributed by atoms with Crippen LogP contribution in [0.2, 0.25) is 0 Å². The van der Waals surface area contributed by atoms with Crippen molar-refractivity contribution in [2.75, 3.05) is 16.3 Å². The highest BCUT2D eigenvalue weighted by Gasteiger charge is 2.38. The topological polar surface area (TPSA) is 62.7 Å². The molecule has 152 valence electrons. The van der Waals surface area contributed by atoms with Gasteiger partial charge in [0.25, 0.3) is 5.91 Å². The number of hydrogen-bond donors (Lipinski definition) is 0. The highest BCUT2D eigenvalue weighted by atomic mass is 16.5. The smallest absolute Gasteiger partial charge is 0.336 e. The van der Waals surface area contributed by atoms with Crippen molar-refractivity contribution < 1.29 is 14.3 Å². The van der Waals surface area contributed by atoms with Crippen molar-refractivity contribution in [2.45, 2.75) is 26.4 Å². The average Bonchev–Trinajstić information content (AvgIpc) is 3.03. The fourth-order valence-electron chi connectivity index (χ4n) is 3.45. The first-order chi connectivity index (χ1) is 14.5. The third-order valence-corrected chi connectivity index (χ3v) is 4.82. The van der Waals surface area contributed by atoms with E-state index >= 15 is 0 Å². The minimum Gasteiger partial charge on any atom is -0.491 e. The molecule has 0 unspecified atom stereocenters. The second kappa shape index (κ2) is 8.37. The van der Waals surface area contributed by atoms with Crippen LogP contribution < -0.4 is 14.5 Å². The number of amides is 3. The summed E-state index contributed by atoms with van der Waals surface area (Å²) < 4.78 is 5.71. The van der Waals surface area contributed by atoms with Crippen LogP contribution in [0.4, 0.5) is 16.2 Å². The summed E-state index contributed by atoms with van der Waals surface area (Å²) in [5, 5.41) is 0. The van der Waals surface area contributed by atoms with E-state index in [1.54, 1.807) is 24.5 Å². The zero-order valence-corrected chi connectivity index (χ0v) is 17.0. The molecule has 2 aromatic carbocycles. The van der Waals surface area contributed by atoms with E-state index in [1.807, 2.05) is 62.4 Å². The van der Waals surface area contributed by atoms with Crippen molar-refractivity contribution in [3.63, 3.8) is 0 Å². The van der Waals surface area contributed by atoms with E-state index in [4.69, 9.17) is 4.74 Å². The van der Waals surface area contributed by atoms with Crippen molar-refractivity contribution in [3.05, 3.63) is 84.2 Å². The molecule has 1 saturated heterocycles. The molecular weight excluding hydrogens is 378 g/mol. The first-order valence-corrected chi connectivity index (χ1v) is 9.90. The number of anilines is 2. The molecule has 0 radical (unpaired) electrons. The molecule has 4 rings (SSSR count). The summed E-state index contributed by atoms with van der Waals surface area (Å²) in [6.45, 7) is 3.89. The number of rotatable bonds is 6. The zero-order valence-electron chi connectivity index (χ0n) is 17.0. The fraction of sp³-hybridized carbons (Fsp3) is 0.208. The lowest BCUT2D eigenvalue weighted by atomic mass is 10.1. The first kappa shape index (κ1) is 19.6. The minimum atomic E-state index is -0.358. The Morgan fingerprint density at radius 3 is 2.33 bits per heavy atom. The molecule has 1 aliphatic rings. The molecule has 3 amide bonds. The van der Waals surface area contributed by atoms with Crippen LogP contribution in [-0.2, 0) is 11.2 Å². The van der Waals surface area contributed by atoms with Crippen LogP contribution >= 0.6 is 0 Å². The van der Waals surface area contributed by atoms with Gasteiger partial charge in [-0.3, -0.25) is 14.7 Å². The maximum Gasteiger partial charge on any atom is 0.336 e. The monoisotopic (exact) mass is 401 g/mol. The van der Waals surface area contributed by atoms with Crippen LogP contribution in [0.3, 0.4) is 0 Å². The van der Waals surface area contributed by atoms with Crippen LogP contribution in [0, 0.1) is 0 Å². The highest BCUT2D eigenvalue weighted by molar-refractivity contribution is 6.26. The molecule has 6 nitrogen and oxygen atoms in total. The molecule has 30 heavy (non-hydrogen) atoms. The van der Waals surface area contributed by atoms with Gasteiger partial charge in [-0.15, -0.1) is 0 Å². The Kier molecular flexibility index (Phi) is 5.48. The SMILES string of the molecule is CC(C)Oc1cccc(N2CC(=O)N(c3ccc(Cc4ccncc4)cc3)C2=O)c1. The first-order valence-electron chi connectivity index (χ1n) is 9.90. The summed E-state index contributed by atoms with van der Waals surface area (Å²) >= 11 is 0. The number of carbonyl (C=O) groups excluding carboxylic acids is 2. The third-order valence-electron chi connectivity index (χ3n) is 4.82. The number of pyridine rings is 1. The van der Waals surface area contributed by atoms with Crippen LogP contribution in [-0.4, -0.2) is 29.6 Å². The Labute approximate surface area is 175 Å². The average molecular weight is 401 g/mol. The number of ether oxygens (including phenoxy) is 1. The molecule has 0 saturated carbocycles. The van der Waals surface area contributed by atoms with Gasteiger partial charge >= 0.3 is 6.03 Å². The summed E-state index contributed by atoms with van der Waals surface area (Å²) in [5.41, 5.74) is 3.46. The molecule has 1 fully saturated rings. The maximum absolute atomic E-state index is 13.0. The van der Waals surface area contributed by atoms with E-state index < -0.39 is 0 Å². The Morgan fingerprint density at radius 2 is 1.63 bits per heavy atom. The van der Waals surface area contributed by atoms with Gasteiger partial charge in [-0.25, -0.2) is 9.69 Å². The summed E-state index contributed by atoms with van der Waals surface area (Å²) in [6.07, 6.45) is 4.32. The van der Waals surface area contributed by atoms with Gasteiger partial charge in [0.05, 0.1) is 11.8 Å². The second-order valence-corrected chi connectivity index (χ2v) is 7.46. The molecule has 3 aromatic rings. The normalized spacial score (nSPS) is 14.0.